The van der Waals surface area contributed by atoms with Crippen LogP contribution in [0.2, 0.25) is 0 Å². The number of rotatable bonds is 7. The summed E-state index contributed by atoms with van der Waals surface area (Å²) < 4.78 is 5.63. The second kappa shape index (κ2) is 10.2. The van der Waals surface area contributed by atoms with Gasteiger partial charge in [-0.05, 0) is 48.9 Å². The van der Waals surface area contributed by atoms with Gasteiger partial charge < -0.3 is 15.2 Å². The first kappa shape index (κ1) is 23.1. The van der Waals surface area contributed by atoms with Crippen molar-refractivity contribution in [1.29, 1.82) is 0 Å². The van der Waals surface area contributed by atoms with E-state index in [0.717, 1.165) is 35.1 Å². The van der Waals surface area contributed by atoms with E-state index in [1.54, 1.807) is 0 Å². The van der Waals surface area contributed by atoms with Crippen molar-refractivity contribution in [2.45, 2.75) is 44.4 Å². The molecule has 0 saturated carbocycles. The average molecular weight is 444 g/mol. The highest BCUT2D eigenvalue weighted by atomic mass is 16.5. The van der Waals surface area contributed by atoms with E-state index in [9.17, 15) is 9.90 Å². The van der Waals surface area contributed by atoms with Crippen LogP contribution in [0.15, 0.2) is 72.8 Å². The fraction of sp³-hybridized carbons (Fsp3) is 0.345. The zero-order chi connectivity index (χ0) is 23.3. The molecule has 0 aliphatic carbocycles. The number of hydrogen-bond donors (Lipinski definition) is 2. The lowest BCUT2D eigenvalue weighted by atomic mass is 9.74. The number of phenolic OH excluding ortho intramolecular Hbond substituents is 1. The molecule has 172 valence electrons. The SMILES string of the molecule is Cc1ccc(C(CC(=O)NCC2(c3ccccc3)CCOCC2)c2ccccc2)c(O)c1C. The van der Waals surface area contributed by atoms with Crippen molar-refractivity contribution in [3.05, 3.63) is 101 Å². The molecule has 3 aromatic carbocycles. The molecule has 4 heteroatoms. The van der Waals surface area contributed by atoms with Crippen LogP contribution in [0, 0.1) is 13.8 Å². The van der Waals surface area contributed by atoms with E-state index in [2.05, 4.69) is 29.6 Å². The van der Waals surface area contributed by atoms with Crippen LogP contribution in [-0.2, 0) is 14.9 Å². The Bertz CT molecular complexity index is 1070. The molecule has 4 nitrogen and oxygen atoms in total. The number of ether oxygens (including phenoxy) is 1. The van der Waals surface area contributed by atoms with Gasteiger partial charge in [-0.25, -0.2) is 0 Å². The molecule has 4 rings (SSSR count). The van der Waals surface area contributed by atoms with Crippen molar-refractivity contribution in [3.8, 4) is 5.75 Å². The summed E-state index contributed by atoms with van der Waals surface area (Å²) in [5.41, 5.74) is 4.86. The Morgan fingerprint density at radius 2 is 1.61 bits per heavy atom. The van der Waals surface area contributed by atoms with Gasteiger partial charge in [0.2, 0.25) is 5.91 Å². The number of amides is 1. The molecule has 3 aromatic rings. The van der Waals surface area contributed by atoms with Gasteiger partial charge in [-0.15, -0.1) is 0 Å². The molecule has 1 aliphatic rings. The molecular weight excluding hydrogens is 410 g/mol. The second-order valence-corrected chi connectivity index (χ2v) is 9.15. The summed E-state index contributed by atoms with van der Waals surface area (Å²) in [5.74, 6) is 0.0537. The highest BCUT2D eigenvalue weighted by Gasteiger charge is 2.35. The van der Waals surface area contributed by atoms with E-state index in [4.69, 9.17) is 4.74 Å². The minimum absolute atomic E-state index is 0.0109. The minimum atomic E-state index is -0.215. The fourth-order valence-electron chi connectivity index (χ4n) is 4.84. The first-order chi connectivity index (χ1) is 16.0. The lowest BCUT2D eigenvalue weighted by Gasteiger charge is -2.38. The Kier molecular flexibility index (Phi) is 7.14. The maximum Gasteiger partial charge on any atom is 0.220 e. The Labute approximate surface area is 196 Å². The standard InChI is InChI=1S/C29H33NO3/c1-21-13-14-25(28(32)22(21)2)26(23-9-5-3-6-10-23)19-27(31)30-20-29(15-17-33-18-16-29)24-11-7-4-8-12-24/h3-14,26,32H,15-20H2,1-2H3,(H,30,31). The van der Waals surface area contributed by atoms with E-state index >= 15 is 0 Å². The molecule has 1 aliphatic heterocycles. The predicted molar refractivity (Wildman–Crippen MR) is 132 cm³/mol. The molecule has 1 saturated heterocycles. The van der Waals surface area contributed by atoms with E-state index in [0.29, 0.717) is 19.8 Å². The van der Waals surface area contributed by atoms with Crippen molar-refractivity contribution in [2.24, 2.45) is 0 Å². The first-order valence-corrected chi connectivity index (χ1v) is 11.7. The molecule has 1 unspecified atom stereocenters. The van der Waals surface area contributed by atoms with Gasteiger partial charge in [-0.1, -0.05) is 72.8 Å². The van der Waals surface area contributed by atoms with Crippen LogP contribution >= 0.6 is 0 Å². The van der Waals surface area contributed by atoms with Gasteiger partial charge in [0.1, 0.15) is 5.75 Å². The summed E-state index contributed by atoms with van der Waals surface area (Å²) in [5, 5.41) is 14.1. The van der Waals surface area contributed by atoms with Crippen LogP contribution in [0.25, 0.3) is 0 Å². The van der Waals surface area contributed by atoms with Crippen LogP contribution in [0.4, 0.5) is 0 Å². The molecule has 33 heavy (non-hydrogen) atoms. The zero-order valence-electron chi connectivity index (χ0n) is 19.5. The molecule has 1 atom stereocenters. The van der Waals surface area contributed by atoms with Crippen LogP contribution in [0.1, 0.15) is 53.0 Å². The molecule has 2 N–H and O–H groups in total. The van der Waals surface area contributed by atoms with Gasteiger partial charge in [-0.2, -0.15) is 0 Å². The Morgan fingerprint density at radius 3 is 2.27 bits per heavy atom. The maximum atomic E-state index is 13.3. The van der Waals surface area contributed by atoms with E-state index < -0.39 is 0 Å². The van der Waals surface area contributed by atoms with Crippen molar-refractivity contribution in [2.75, 3.05) is 19.8 Å². The van der Waals surface area contributed by atoms with Gasteiger partial charge in [-0.3, -0.25) is 4.79 Å². The highest BCUT2D eigenvalue weighted by Crippen LogP contribution is 2.37. The van der Waals surface area contributed by atoms with E-state index in [1.165, 1.54) is 5.56 Å². The van der Waals surface area contributed by atoms with E-state index in [1.807, 2.05) is 62.4 Å². The van der Waals surface area contributed by atoms with Gasteiger partial charge >= 0.3 is 0 Å². The van der Waals surface area contributed by atoms with Crippen LogP contribution in [0.5, 0.6) is 5.75 Å². The summed E-state index contributed by atoms with van der Waals surface area (Å²) in [6.07, 6.45) is 2.05. The highest BCUT2D eigenvalue weighted by molar-refractivity contribution is 5.78. The molecule has 0 bridgehead atoms. The number of nitrogens with one attached hydrogen (secondary N) is 1. The number of carbonyl (C=O) groups is 1. The Hall–Kier alpha value is -3.11. The molecule has 0 spiro atoms. The van der Waals surface area contributed by atoms with Crippen molar-refractivity contribution >= 4 is 5.91 Å². The number of benzene rings is 3. The number of aromatic hydroxyl groups is 1. The third-order valence-electron chi connectivity index (χ3n) is 7.16. The summed E-state index contributed by atoms with van der Waals surface area (Å²) in [7, 11) is 0. The summed E-state index contributed by atoms with van der Waals surface area (Å²) >= 11 is 0. The zero-order valence-corrected chi connectivity index (χ0v) is 19.5. The average Bonchev–Trinajstić information content (AvgIpc) is 2.87. The molecule has 0 aromatic heterocycles. The normalized spacial score (nSPS) is 16.2. The molecule has 1 fully saturated rings. The molecular formula is C29H33NO3. The fourth-order valence-corrected chi connectivity index (χ4v) is 4.84. The van der Waals surface area contributed by atoms with Gasteiger partial charge in [0.25, 0.3) is 0 Å². The smallest absolute Gasteiger partial charge is 0.220 e. The minimum Gasteiger partial charge on any atom is -0.507 e. The summed E-state index contributed by atoms with van der Waals surface area (Å²) in [6, 6.07) is 24.4. The molecule has 1 heterocycles. The van der Waals surface area contributed by atoms with E-state index in [-0.39, 0.29) is 29.4 Å². The number of carbonyl (C=O) groups excluding carboxylic acids is 1. The Balaban J connectivity index is 1.56. The van der Waals surface area contributed by atoms with Gasteiger partial charge in [0, 0.05) is 43.1 Å². The van der Waals surface area contributed by atoms with Crippen molar-refractivity contribution in [3.63, 3.8) is 0 Å². The van der Waals surface area contributed by atoms with Crippen LogP contribution in [0.3, 0.4) is 0 Å². The third-order valence-corrected chi connectivity index (χ3v) is 7.16. The number of phenols is 1. The topological polar surface area (TPSA) is 58.6 Å². The molecule has 1 amide bonds. The van der Waals surface area contributed by atoms with Crippen LogP contribution < -0.4 is 5.32 Å². The summed E-state index contributed by atoms with van der Waals surface area (Å²) in [6.45, 7) is 5.90. The lowest BCUT2D eigenvalue weighted by Crippen LogP contribution is -2.44. The lowest BCUT2D eigenvalue weighted by molar-refractivity contribution is -0.121. The second-order valence-electron chi connectivity index (χ2n) is 9.15. The third kappa shape index (κ3) is 5.12. The monoisotopic (exact) mass is 443 g/mol. The predicted octanol–water partition coefficient (Wildman–Crippen LogP) is 5.40. The number of hydrogen-bond acceptors (Lipinski definition) is 3. The number of aryl methyl sites for hydroxylation is 1. The van der Waals surface area contributed by atoms with Gasteiger partial charge in [0.05, 0.1) is 0 Å². The first-order valence-electron chi connectivity index (χ1n) is 11.7. The summed E-state index contributed by atoms with van der Waals surface area (Å²) in [4.78, 5) is 13.3. The van der Waals surface area contributed by atoms with Crippen molar-refractivity contribution < 1.29 is 14.6 Å². The quantitative estimate of drug-likeness (QED) is 0.514. The van der Waals surface area contributed by atoms with Crippen LogP contribution in [-0.4, -0.2) is 30.8 Å². The molecule has 0 radical (unpaired) electrons. The Morgan fingerprint density at radius 1 is 0.970 bits per heavy atom. The van der Waals surface area contributed by atoms with Crippen molar-refractivity contribution in [1.82, 2.24) is 5.32 Å². The van der Waals surface area contributed by atoms with Gasteiger partial charge in [0.15, 0.2) is 0 Å². The maximum absolute atomic E-state index is 13.3. The largest absolute Gasteiger partial charge is 0.507 e.